The Kier molecular flexibility index (Phi) is 8.92. The normalized spacial score (nSPS) is 10.0. The Labute approximate surface area is 192 Å². The molecular weight excluding hydrogens is 426 g/mol. The molecule has 0 aliphatic carbocycles. The average molecular weight is 458 g/mol. The van der Waals surface area contributed by atoms with Crippen LogP contribution >= 0.6 is 0 Å². The summed E-state index contributed by atoms with van der Waals surface area (Å²) in [4.78, 5) is 3.91. The van der Waals surface area contributed by atoms with Gasteiger partial charge in [-0.25, -0.2) is 0 Å². The summed E-state index contributed by atoms with van der Waals surface area (Å²) >= 11 is 0. The van der Waals surface area contributed by atoms with E-state index in [-0.39, 0.29) is 0 Å². The molecule has 1 aromatic heterocycles. The molecule has 0 saturated carbocycles. The molecule has 12 N–H and O–H groups in total. The molecule has 1 heterocycles. The third kappa shape index (κ3) is 7.35. The quantitative estimate of drug-likeness (QED) is 0.213. The van der Waals surface area contributed by atoms with Crippen molar-refractivity contribution in [3.63, 3.8) is 0 Å². The van der Waals surface area contributed by atoms with Crippen LogP contribution in [0.5, 0.6) is 23.3 Å². The first kappa shape index (κ1) is 24.9. The number of aromatic nitrogens is 1. The van der Waals surface area contributed by atoms with Gasteiger partial charge in [0, 0.05) is 17.8 Å². The molecule has 0 bridgehead atoms. The minimum absolute atomic E-state index is 0.320. The van der Waals surface area contributed by atoms with E-state index in [1.165, 1.54) is 14.2 Å². The topological polar surface area (TPSA) is 206 Å². The van der Waals surface area contributed by atoms with Crippen LogP contribution in [0, 0.1) is 0 Å². The van der Waals surface area contributed by atoms with Crippen LogP contribution in [-0.4, -0.2) is 32.4 Å². The smallest absolute Gasteiger partial charge is 0.240 e. The first-order chi connectivity index (χ1) is 15.7. The molecule has 0 spiro atoms. The summed E-state index contributed by atoms with van der Waals surface area (Å²) in [5, 5.41) is 0. The maximum absolute atomic E-state index is 5.80. The molecule has 0 unspecified atom stereocenters. The van der Waals surface area contributed by atoms with Crippen molar-refractivity contribution in [3.05, 3.63) is 42.5 Å². The van der Waals surface area contributed by atoms with Gasteiger partial charge in [0.2, 0.25) is 11.8 Å². The van der Waals surface area contributed by atoms with Crippen LogP contribution in [0.15, 0.2) is 42.5 Å². The van der Waals surface area contributed by atoms with Gasteiger partial charge in [-0.15, -0.1) is 0 Å². The highest BCUT2D eigenvalue weighted by molar-refractivity contribution is 5.62. The molecule has 0 radical (unpaired) electrons. The van der Waals surface area contributed by atoms with E-state index in [1.54, 1.807) is 42.5 Å². The van der Waals surface area contributed by atoms with Gasteiger partial charge in [0.1, 0.15) is 11.5 Å². The van der Waals surface area contributed by atoms with Gasteiger partial charge in [-0.1, -0.05) is 0 Å². The SMILES string of the molecule is COc1nc(OC)c(N)cc1N.Nc1ccc(OCCCOc2ccc(N)cc2N)c(N)c1. The molecule has 3 aromatic rings. The molecule has 0 amide bonds. The molecule has 0 aliphatic heterocycles. The minimum Gasteiger partial charge on any atom is -0.491 e. The zero-order chi connectivity index (χ0) is 24.4. The second kappa shape index (κ2) is 11.8. The van der Waals surface area contributed by atoms with E-state index in [1.807, 2.05) is 0 Å². The fourth-order valence-electron chi connectivity index (χ4n) is 2.66. The van der Waals surface area contributed by atoms with E-state index in [0.717, 1.165) is 0 Å². The molecule has 11 nitrogen and oxygen atoms in total. The Bertz CT molecular complexity index is 984. The Morgan fingerprint density at radius 3 is 1.39 bits per heavy atom. The number of hydrogen-bond acceptors (Lipinski definition) is 11. The van der Waals surface area contributed by atoms with Crippen molar-refractivity contribution < 1.29 is 18.9 Å². The predicted molar refractivity (Wildman–Crippen MR) is 132 cm³/mol. The highest BCUT2D eigenvalue weighted by Gasteiger charge is 2.07. The molecule has 0 saturated heterocycles. The van der Waals surface area contributed by atoms with Crippen molar-refractivity contribution in [1.29, 1.82) is 0 Å². The lowest BCUT2D eigenvalue weighted by Gasteiger charge is -2.11. The zero-order valence-corrected chi connectivity index (χ0v) is 18.7. The van der Waals surface area contributed by atoms with E-state index in [4.69, 9.17) is 53.3 Å². The van der Waals surface area contributed by atoms with Crippen molar-refractivity contribution in [2.45, 2.75) is 6.42 Å². The minimum atomic E-state index is 0.320. The zero-order valence-electron chi connectivity index (χ0n) is 18.7. The fraction of sp³-hybridized carbons (Fsp3) is 0.227. The molecule has 178 valence electrons. The summed E-state index contributed by atoms with van der Waals surface area (Å²) in [5.74, 6) is 1.88. The molecule has 11 heteroatoms. The van der Waals surface area contributed by atoms with Gasteiger partial charge >= 0.3 is 0 Å². The lowest BCUT2D eigenvalue weighted by Crippen LogP contribution is -2.07. The van der Waals surface area contributed by atoms with Crippen molar-refractivity contribution in [2.24, 2.45) is 0 Å². The number of nitrogen functional groups attached to an aromatic ring is 6. The number of methoxy groups -OCH3 is 2. The van der Waals surface area contributed by atoms with E-state index in [0.29, 0.717) is 77.0 Å². The Balaban J connectivity index is 0.000000273. The summed E-state index contributed by atoms with van der Waals surface area (Å²) in [7, 11) is 2.96. The average Bonchev–Trinajstić information content (AvgIpc) is 2.77. The van der Waals surface area contributed by atoms with Crippen molar-refractivity contribution in [3.8, 4) is 23.3 Å². The maximum atomic E-state index is 5.80. The summed E-state index contributed by atoms with van der Waals surface area (Å²) < 4.78 is 20.9. The highest BCUT2D eigenvalue weighted by Crippen LogP contribution is 2.28. The van der Waals surface area contributed by atoms with Crippen LogP contribution < -0.4 is 53.3 Å². The van der Waals surface area contributed by atoms with Gasteiger partial charge in [0.15, 0.2) is 0 Å². The monoisotopic (exact) mass is 457 g/mol. The Hall–Kier alpha value is -4.41. The number of rotatable bonds is 8. The van der Waals surface area contributed by atoms with Gasteiger partial charge in [0.05, 0.1) is 50.2 Å². The number of ether oxygens (including phenoxy) is 4. The van der Waals surface area contributed by atoms with Gasteiger partial charge in [-0.3, -0.25) is 0 Å². The number of nitrogens with two attached hydrogens (primary N) is 6. The van der Waals surface area contributed by atoms with Gasteiger partial charge < -0.3 is 53.3 Å². The third-order valence-electron chi connectivity index (χ3n) is 4.27. The summed E-state index contributed by atoms with van der Waals surface area (Å²) in [6.45, 7) is 0.978. The lowest BCUT2D eigenvalue weighted by molar-refractivity contribution is 0.249. The van der Waals surface area contributed by atoms with Crippen LogP contribution in [-0.2, 0) is 0 Å². The number of pyridine rings is 1. The molecule has 0 aliphatic rings. The van der Waals surface area contributed by atoms with E-state index < -0.39 is 0 Å². The molecule has 3 rings (SSSR count). The number of hydrogen-bond donors (Lipinski definition) is 6. The second-order valence-electron chi connectivity index (χ2n) is 6.83. The van der Waals surface area contributed by atoms with Crippen LogP contribution in [0.4, 0.5) is 34.1 Å². The first-order valence-corrected chi connectivity index (χ1v) is 9.94. The number of nitrogens with zero attached hydrogens (tertiary/aromatic N) is 1. The summed E-state index contributed by atoms with van der Waals surface area (Å²) in [6.07, 6.45) is 0.702. The Morgan fingerprint density at radius 1 is 0.606 bits per heavy atom. The van der Waals surface area contributed by atoms with Crippen LogP contribution in [0.1, 0.15) is 6.42 Å². The Morgan fingerprint density at radius 2 is 1.03 bits per heavy atom. The second-order valence-corrected chi connectivity index (χ2v) is 6.83. The maximum Gasteiger partial charge on any atom is 0.240 e. The summed E-state index contributed by atoms with van der Waals surface area (Å²) in [6, 6.07) is 11.9. The standard InChI is InChI=1S/C15H20N4O2.C7H11N3O2/c16-10-2-4-14(12(18)8-10)20-6-1-7-21-15-5-3-11(17)9-13(15)19;1-11-6-4(8)3-5(9)7(10-6)12-2/h2-5,8-9H,1,6-7,16-19H2;3H,8-9H2,1-2H3. The van der Waals surface area contributed by atoms with Gasteiger partial charge in [-0.05, 0) is 42.5 Å². The van der Waals surface area contributed by atoms with Crippen LogP contribution in [0.2, 0.25) is 0 Å². The largest absolute Gasteiger partial charge is 0.491 e. The molecular formula is C22H31N7O4. The number of benzene rings is 2. The third-order valence-corrected chi connectivity index (χ3v) is 4.27. The van der Waals surface area contributed by atoms with Gasteiger partial charge in [0.25, 0.3) is 0 Å². The van der Waals surface area contributed by atoms with Gasteiger partial charge in [-0.2, -0.15) is 4.98 Å². The predicted octanol–water partition coefficient (Wildman–Crippen LogP) is 2.13. The van der Waals surface area contributed by atoms with Crippen molar-refractivity contribution >= 4 is 34.1 Å². The van der Waals surface area contributed by atoms with Crippen LogP contribution in [0.3, 0.4) is 0 Å². The van der Waals surface area contributed by atoms with Crippen LogP contribution in [0.25, 0.3) is 0 Å². The fourth-order valence-corrected chi connectivity index (χ4v) is 2.66. The molecule has 2 aromatic carbocycles. The molecule has 0 atom stereocenters. The van der Waals surface area contributed by atoms with E-state index >= 15 is 0 Å². The van der Waals surface area contributed by atoms with Crippen molar-refractivity contribution in [2.75, 3.05) is 61.8 Å². The molecule has 33 heavy (non-hydrogen) atoms. The van der Waals surface area contributed by atoms with E-state index in [2.05, 4.69) is 4.98 Å². The highest BCUT2D eigenvalue weighted by atomic mass is 16.5. The van der Waals surface area contributed by atoms with E-state index in [9.17, 15) is 0 Å². The summed E-state index contributed by atoms with van der Waals surface area (Å²) in [5.41, 5.74) is 37.0. The number of anilines is 6. The first-order valence-electron chi connectivity index (χ1n) is 9.94. The lowest BCUT2D eigenvalue weighted by atomic mass is 10.2. The molecule has 0 fully saturated rings. The van der Waals surface area contributed by atoms with Crippen molar-refractivity contribution in [1.82, 2.24) is 4.98 Å².